The second-order valence-electron chi connectivity index (χ2n) is 4.49. The maximum absolute atomic E-state index is 12.0. The maximum atomic E-state index is 12.0. The molecule has 19 heavy (non-hydrogen) atoms. The third-order valence-electron chi connectivity index (χ3n) is 2.97. The van der Waals surface area contributed by atoms with E-state index < -0.39 is 20.7 Å². The zero-order valence-electron chi connectivity index (χ0n) is 10.4. The monoisotopic (exact) mass is 302 g/mol. The van der Waals surface area contributed by atoms with Gasteiger partial charge in [-0.05, 0) is 19.1 Å². The maximum Gasteiger partial charge on any atom is 0.240 e. The number of nitrogens with one attached hydrogen (secondary N) is 1. The van der Waals surface area contributed by atoms with Crippen molar-refractivity contribution in [2.45, 2.75) is 17.6 Å². The van der Waals surface area contributed by atoms with E-state index in [0.717, 1.165) is 0 Å². The lowest BCUT2D eigenvalue weighted by atomic mass is 10.2. The van der Waals surface area contributed by atoms with Crippen LogP contribution in [0.3, 0.4) is 0 Å². The largest absolute Gasteiger partial charge is 0.339 e. The van der Waals surface area contributed by atoms with Gasteiger partial charge in [-0.25, -0.2) is 8.42 Å². The predicted octanol–water partition coefficient (Wildman–Crippen LogP) is 1.27. The first-order valence-corrected chi connectivity index (χ1v) is 7.88. The van der Waals surface area contributed by atoms with Crippen molar-refractivity contribution in [1.82, 2.24) is 4.90 Å². The highest BCUT2D eigenvalue weighted by Crippen LogP contribution is 2.20. The Kier molecular flexibility index (Phi) is 4.01. The minimum absolute atomic E-state index is 0.193. The van der Waals surface area contributed by atoms with Gasteiger partial charge in [-0.2, -0.15) is 0 Å². The van der Waals surface area contributed by atoms with Crippen molar-refractivity contribution in [2.75, 3.05) is 17.8 Å². The molecule has 1 N–H and O–H groups in total. The number of sulfonamides is 1. The van der Waals surface area contributed by atoms with Gasteiger partial charge in [0.2, 0.25) is 15.9 Å². The van der Waals surface area contributed by atoms with Crippen LogP contribution in [0.5, 0.6) is 0 Å². The number of benzene rings is 1. The number of hydrogen-bond acceptors (Lipinski definition) is 3. The summed E-state index contributed by atoms with van der Waals surface area (Å²) < 4.78 is 26.6. The van der Waals surface area contributed by atoms with E-state index in [1.54, 1.807) is 31.2 Å². The van der Waals surface area contributed by atoms with E-state index in [1.807, 2.05) is 6.07 Å². The van der Waals surface area contributed by atoms with Gasteiger partial charge < -0.3 is 4.90 Å². The third kappa shape index (κ3) is 3.19. The number of anilines is 1. The molecule has 0 aromatic heterocycles. The minimum Gasteiger partial charge on any atom is -0.339 e. The number of amides is 1. The van der Waals surface area contributed by atoms with Crippen LogP contribution in [-0.2, 0) is 14.8 Å². The Hall–Kier alpha value is -1.27. The molecular formula is C12H15ClN2O3S. The average molecular weight is 303 g/mol. The zero-order chi connectivity index (χ0) is 14.0. The van der Waals surface area contributed by atoms with Gasteiger partial charge in [0.1, 0.15) is 10.6 Å². The quantitative estimate of drug-likeness (QED) is 0.852. The standard InChI is InChI=1S/C12H15ClN2O3S/c1-9(13)12(16)15-7-11(8-15)19(17,18)14-10-5-3-2-4-6-10/h2-6,9,11,14H,7-8H2,1H3. The molecule has 1 atom stereocenters. The van der Waals surface area contributed by atoms with Crippen LogP contribution >= 0.6 is 11.6 Å². The molecule has 1 aromatic rings. The Morgan fingerprint density at radius 3 is 2.47 bits per heavy atom. The summed E-state index contributed by atoms with van der Waals surface area (Å²) in [6.07, 6.45) is 0. The first-order chi connectivity index (χ1) is 8.90. The summed E-state index contributed by atoms with van der Waals surface area (Å²) >= 11 is 5.67. The van der Waals surface area contributed by atoms with Crippen LogP contribution in [0.2, 0.25) is 0 Å². The molecule has 2 rings (SSSR count). The molecule has 1 saturated heterocycles. The molecule has 5 nitrogen and oxygen atoms in total. The fourth-order valence-corrected chi connectivity index (χ4v) is 3.34. The Bertz CT molecular complexity index is 554. The third-order valence-corrected chi connectivity index (χ3v) is 4.86. The van der Waals surface area contributed by atoms with E-state index in [-0.39, 0.29) is 19.0 Å². The first kappa shape index (κ1) is 14.1. The van der Waals surface area contributed by atoms with Gasteiger partial charge in [-0.1, -0.05) is 18.2 Å². The molecule has 0 aliphatic carbocycles. The highest BCUT2D eigenvalue weighted by molar-refractivity contribution is 7.93. The van der Waals surface area contributed by atoms with Crippen LogP contribution in [0.1, 0.15) is 6.92 Å². The number of halogens is 1. The molecule has 1 heterocycles. The highest BCUT2D eigenvalue weighted by atomic mass is 35.5. The topological polar surface area (TPSA) is 66.5 Å². The molecule has 104 valence electrons. The van der Waals surface area contributed by atoms with Crippen molar-refractivity contribution < 1.29 is 13.2 Å². The predicted molar refractivity (Wildman–Crippen MR) is 74.7 cm³/mol. The molecule has 0 bridgehead atoms. The number of carbonyl (C=O) groups excluding carboxylic acids is 1. The molecule has 0 radical (unpaired) electrons. The van der Waals surface area contributed by atoms with Crippen molar-refractivity contribution in [3.8, 4) is 0 Å². The Morgan fingerprint density at radius 1 is 1.37 bits per heavy atom. The molecule has 1 aliphatic heterocycles. The summed E-state index contributed by atoms with van der Waals surface area (Å²) in [4.78, 5) is 13.0. The van der Waals surface area contributed by atoms with E-state index in [1.165, 1.54) is 4.90 Å². The smallest absolute Gasteiger partial charge is 0.240 e. The molecule has 0 saturated carbocycles. The van der Waals surface area contributed by atoms with Crippen LogP contribution < -0.4 is 4.72 Å². The number of likely N-dealkylation sites (tertiary alicyclic amines) is 1. The van der Waals surface area contributed by atoms with E-state index in [9.17, 15) is 13.2 Å². The first-order valence-electron chi connectivity index (χ1n) is 5.89. The van der Waals surface area contributed by atoms with Crippen molar-refractivity contribution in [2.24, 2.45) is 0 Å². The SMILES string of the molecule is CC(Cl)C(=O)N1CC(S(=O)(=O)Nc2ccccc2)C1. The second-order valence-corrected chi connectivity index (χ2v) is 7.11. The molecule has 1 amide bonds. The van der Waals surface area contributed by atoms with E-state index >= 15 is 0 Å². The van der Waals surface area contributed by atoms with Crippen LogP contribution in [-0.4, -0.2) is 42.9 Å². The lowest BCUT2D eigenvalue weighted by Gasteiger charge is -2.39. The highest BCUT2D eigenvalue weighted by Gasteiger charge is 2.40. The Balaban J connectivity index is 1.95. The minimum atomic E-state index is -3.46. The van der Waals surface area contributed by atoms with Gasteiger partial charge in [0.05, 0.1) is 0 Å². The Labute approximate surface area is 117 Å². The fraction of sp³-hybridized carbons (Fsp3) is 0.417. The Morgan fingerprint density at radius 2 is 1.95 bits per heavy atom. The normalized spacial score (nSPS) is 17.7. The lowest BCUT2D eigenvalue weighted by molar-refractivity contribution is -0.133. The van der Waals surface area contributed by atoms with Crippen LogP contribution in [0.15, 0.2) is 30.3 Å². The molecule has 0 spiro atoms. The van der Waals surface area contributed by atoms with Crippen LogP contribution in [0.25, 0.3) is 0 Å². The number of rotatable bonds is 4. The molecule has 1 fully saturated rings. The summed E-state index contributed by atoms with van der Waals surface area (Å²) in [5, 5.41) is -1.20. The fourth-order valence-electron chi connectivity index (χ4n) is 1.82. The number of nitrogens with zero attached hydrogens (tertiary/aromatic N) is 1. The number of alkyl halides is 1. The zero-order valence-corrected chi connectivity index (χ0v) is 12.0. The lowest BCUT2D eigenvalue weighted by Crippen LogP contribution is -2.59. The summed E-state index contributed by atoms with van der Waals surface area (Å²) in [6.45, 7) is 1.96. The van der Waals surface area contributed by atoms with Crippen LogP contribution in [0.4, 0.5) is 5.69 Å². The molecular weight excluding hydrogens is 288 g/mol. The van der Waals surface area contributed by atoms with Crippen molar-refractivity contribution in [3.05, 3.63) is 30.3 Å². The van der Waals surface area contributed by atoms with Crippen LogP contribution in [0, 0.1) is 0 Å². The second kappa shape index (κ2) is 5.38. The van der Waals surface area contributed by atoms with Crippen molar-refractivity contribution in [3.63, 3.8) is 0 Å². The van der Waals surface area contributed by atoms with Crippen molar-refractivity contribution >= 4 is 33.2 Å². The summed E-state index contributed by atoms with van der Waals surface area (Å²) in [6, 6.07) is 8.68. The van der Waals surface area contributed by atoms with Gasteiger partial charge in [-0.3, -0.25) is 9.52 Å². The number of hydrogen-bond donors (Lipinski definition) is 1. The summed E-state index contributed by atoms with van der Waals surface area (Å²) in [5.74, 6) is -0.229. The molecule has 1 aliphatic rings. The number of para-hydroxylation sites is 1. The number of carbonyl (C=O) groups is 1. The van der Waals surface area contributed by atoms with Gasteiger partial charge in [0, 0.05) is 18.8 Å². The molecule has 1 aromatic carbocycles. The summed E-state index contributed by atoms with van der Waals surface area (Å²) in [5.41, 5.74) is 0.526. The van der Waals surface area contributed by atoms with E-state index in [4.69, 9.17) is 11.6 Å². The van der Waals surface area contributed by atoms with E-state index in [2.05, 4.69) is 4.72 Å². The van der Waals surface area contributed by atoms with Gasteiger partial charge in [-0.15, -0.1) is 11.6 Å². The van der Waals surface area contributed by atoms with E-state index in [0.29, 0.717) is 5.69 Å². The van der Waals surface area contributed by atoms with Gasteiger partial charge >= 0.3 is 0 Å². The summed E-state index contributed by atoms with van der Waals surface area (Å²) in [7, 11) is -3.46. The van der Waals surface area contributed by atoms with Crippen molar-refractivity contribution in [1.29, 1.82) is 0 Å². The van der Waals surface area contributed by atoms with Gasteiger partial charge in [0.25, 0.3) is 0 Å². The molecule has 1 unspecified atom stereocenters. The van der Waals surface area contributed by atoms with Gasteiger partial charge in [0.15, 0.2) is 0 Å². The molecule has 7 heteroatoms. The average Bonchev–Trinajstić information content (AvgIpc) is 2.26.